The molecular weight excluding hydrogens is 232 g/mol. The molecule has 96 valence electrons. The molecule has 0 atom stereocenters. The summed E-state index contributed by atoms with van der Waals surface area (Å²) in [5.41, 5.74) is 4.59. The summed E-state index contributed by atoms with van der Waals surface area (Å²) in [5.74, 6) is 0.0970. The lowest BCUT2D eigenvalue weighted by Crippen LogP contribution is -1.92. The van der Waals surface area contributed by atoms with Crippen molar-refractivity contribution in [2.75, 3.05) is 0 Å². The van der Waals surface area contributed by atoms with E-state index in [0.717, 1.165) is 17.6 Å². The van der Waals surface area contributed by atoms with Crippen LogP contribution in [0.1, 0.15) is 25.8 Å². The number of hydrogen-bond acceptors (Lipinski definition) is 1. The summed E-state index contributed by atoms with van der Waals surface area (Å²) in [5, 5.41) is 0. The Bertz CT molecular complexity index is 594. The topological polar surface area (TPSA) is 17.1 Å². The largest absolute Gasteiger partial charge is 0.295 e. The Morgan fingerprint density at radius 3 is 2.26 bits per heavy atom. The highest BCUT2D eigenvalue weighted by Gasteiger charge is 2.08. The predicted molar refractivity (Wildman–Crippen MR) is 80.8 cm³/mol. The molecule has 0 unspecified atom stereocenters. The normalized spacial score (nSPS) is 11.4. The molecule has 0 N–H and O–H groups in total. The Morgan fingerprint density at radius 2 is 1.63 bits per heavy atom. The maximum atomic E-state index is 11.4. The Hall–Kier alpha value is -2.15. The third-order valence-corrected chi connectivity index (χ3v) is 3.12. The minimum atomic E-state index is 0.0970. The molecule has 1 heteroatoms. The fourth-order valence-corrected chi connectivity index (χ4v) is 2.25. The van der Waals surface area contributed by atoms with Gasteiger partial charge >= 0.3 is 0 Å². The number of rotatable bonds is 4. The zero-order valence-electron chi connectivity index (χ0n) is 11.4. The van der Waals surface area contributed by atoms with E-state index in [-0.39, 0.29) is 5.78 Å². The third kappa shape index (κ3) is 3.19. The van der Waals surface area contributed by atoms with Gasteiger partial charge in [0.05, 0.1) is 0 Å². The Balaban J connectivity index is 2.56. The molecule has 0 aliphatic heterocycles. The predicted octanol–water partition coefficient (Wildman–Crippen LogP) is 4.74. The van der Waals surface area contributed by atoms with E-state index in [1.54, 1.807) is 13.0 Å². The molecule has 19 heavy (non-hydrogen) atoms. The van der Waals surface area contributed by atoms with Crippen molar-refractivity contribution in [2.24, 2.45) is 0 Å². The van der Waals surface area contributed by atoms with Gasteiger partial charge in [0.2, 0.25) is 0 Å². The van der Waals surface area contributed by atoms with Gasteiger partial charge in [0.1, 0.15) is 0 Å². The smallest absolute Gasteiger partial charge is 0.152 e. The zero-order chi connectivity index (χ0) is 13.7. The van der Waals surface area contributed by atoms with Crippen LogP contribution < -0.4 is 0 Å². The molecule has 0 bridgehead atoms. The van der Waals surface area contributed by atoms with E-state index in [2.05, 4.69) is 31.2 Å². The van der Waals surface area contributed by atoms with Crippen LogP contribution >= 0.6 is 0 Å². The summed E-state index contributed by atoms with van der Waals surface area (Å²) in [7, 11) is 0. The molecule has 0 amide bonds. The van der Waals surface area contributed by atoms with E-state index in [9.17, 15) is 4.79 Å². The molecule has 0 radical (unpaired) electrons. The number of benzene rings is 2. The van der Waals surface area contributed by atoms with Crippen LogP contribution in [0.3, 0.4) is 0 Å². The summed E-state index contributed by atoms with van der Waals surface area (Å²) in [6.07, 6.45) is 2.59. The maximum absolute atomic E-state index is 11.4. The van der Waals surface area contributed by atoms with Gasteiger partial charge in [-0.15, -0.1) is 0 Å². The Morgan fingerprint density at radius 1 is 1.00 bits per heavy atom. The average molecular weight is 250 g/mol. The van der Waals surface area contributed by atoms with Gasteiger partial charge in [-0.2, -0.15) is 0 Å². The molecule has 0 saturated heterocycles. The van der Waals surface area contributed by atoms with Gasteiger partial charge in [-0.1, -0.05) is 61.5 Å². The zero-order valence-corrected chi connectivity index (χ0v) is 11.4. The maximum Gasteiger partial charge on any atom is 0.152 e. The van der Waals surface area contributed by atoms with Gasteiger partial charge in [-0.05, 0) is 41.7 Å². The minimum absolute atomic E-state index is 0.0970. The van der Waals surface area contributed by atoms with Gasteiger partial charge in [0, 0.05) is 0 Å². The molecule has 0 spiro atoms. The van der Waals surface area contributed by atoms with E-state index in [1.807, 2.05) is 30.3 Å². The molecule has 0 aromatic heterocycles. The average Bonchev–Trinajstić information content (AvgIpc) is 2.45. The fourth-order valence-electron chi connectivity index (χ4n) is 2.25. The van der Waals surface area contributed by atoms with Crippen molar-refractivity contribution in [1.82, 2.24) is 0 Å². The first-order valence-electron chi connectivity index (χ1n) is 6.58. The van der Waals surface area contributed by atoms with E-state index in [4.69, 9.17) is 0 Å². The number of carbonyl (C=O) groups excluding carboxylic acids is 1. The van der Waals surface area contributed by atoms with Crippen LogP contribution in [0, 0.1) is 0 Å². The number of carbonyl (C=O) groups is 1. The van der Waals surface area contributed by atoms with Gasteiger partial charge in [0.15, 0.2) is 5.78 Å². The number of hydrogen-bond donors (Lipinski definition) is 0. The monoisotopic (exact) mass is 250 g/mol. The van der Waals surface area contributed by atoms with Crippen LogP contribution in [0.25, 0.3) is 16.7 Å². The lowest BCUT2D eigenvalue weighted by atomic mass is 9.93. The Kier molecular flexibility index (Phi) is 4.30. The van der Waals surface area contributed by atoms with Crippen LogP contribution in [0.15, 0.2) is 60.7 Å². The van der Waals surface area contributed by atoms with E-state index in [0.29, 0.717) is 0 Å². The van der Waals surface area contributed by atoms with Crippen molar-refractivity contribution in [3.8, 4) is 11.1 Å². The quantitative estimate of drug-likeness (QED) is 0.716. The van der Waals surface area contributed by atoms with Gasteiger partial charge in [0.25, 0.3) is 0 Å². The molecule has 0 fully saturated rings. The van der Waals surface area contributed by atoms with Crippen molar-refractivity contribution >= 4 is 11.4 Å². The summed E-state index contributed by atoms with van der Waals surface area (Å²) in [4.78, 5) is 11.4. The summed E-state index contributed by atoms with van der Waals surface area (Å²) in [6.45, 7) is 3.68. The molecule has 0 heterocycles. The number of allylic oxidation sites excluding steroid dienone is 2. The molecule has 0 aliphatic rings. The van der Waals surface area contributed by atoms with Crippen LogP contribution in [-0.2, 0) is 4.79 Å². The summed E-state index contributed by atoms with van der Waals surface area (Å²) >= 11 is 0. The van der Waals surface area contributed by atoms with Crippen LogP contribution in [0.4, 0.5) is 0 Å². The SMILES string of the molecule is CCC(=CC(C)=O)c1ccccc1-c1ccccc1. The molecule has 2 rings (SSSR count). The minimum Gasteiger partial charge on any atom is -0.295 e. The standard InChI is InChI=1S/C18H18O/c1-3-15(13-14(2)19)17-11-7-8-12-18(17)16-9-5-4-6-10-16/h4-13H,3H2,1-2H3. The second kappa shape index (κ2) is 6.14. The first-order valence-corrected chi connectivity index (χ1v) is 6.58. The van der Waals surface area contributed by atoms with E-state index < -0.39 is 0 Å². The first-order chi connectivity index (χ1) is 9.22. The van der Waals surface area contributed by atoms with E-state index >= 15 is 0 Å². The molecular formula is C18H18O. The van der Waals surface area contributed by atoms with E-state index in [1.165, 1.54) is 11.1 Å². The van der Waals surface area contributed by atoms with Crippen LogP contribution in [-0.4, -0.2) is 5.78 Å². The summed E-state index contributed by atoms with van der Waals surface area (Å²) in [6, 6.07) is 18.5. The molecule has 2 aromatic carbocycles. The molecule has 1 nitrogen and oxygen atoms in total. The van der Waals surface area contributed by atoms with Crippen molar-refractivity contribution in [3.05, 3.63) is 66.2 Å². The molecule has 0 aliphatic carbocycles. The lowest BCUT2D eigenvalue weighted by Gasteiger charge is -2.12. The van der Waals surface area contributed by atoms with Crippen molar-refractivity contribution in [2.45, 2.75) is 20.3 Å². The second-order valence-electron chi connectivity index (χ2n) is 4.55. The first kappa shape index (κ1) is 13.3. The second-order valence-corrected chi connectivity index (χ2v) is 4.55. The van der Waals surface area contributed by atoms with Gasteiger partial charge in [-0.3, -0.25) is 4.79 Å². The van der Waals surface area contributed by atoms with Gasteiger partial charge in [-0.25, -0.2) is 0 Å². The van der Waals surface area contributed by atoms with Crippen LogP contribution in [0.2, 0.25) is 0 Å². The highest BCUT2D eigenvalue weighted by Crippen LogP contribution is 2.30. The van der Waals surface area contributed by atoms with Crippen molar-refractivity contribution < 1.29 is 4.79 Å². The molecule has 0 saturated carbocycles. The third-order valence-electron chi connectivity index (χ3n) is 3.12. The highest BCUT2D eigenvalue weighted by molar-refractivity contribution is 5.97. The van der Waals surface area contributed by atoms with Gasteiger partial charge < -0.3 is 0 Å². The van der Waals surface area contributed by atoms with Crippen LogP contribution in [0.5, 0.6) is 0 Å². The number of ketones is 1. The lowest BCUT2D eigenvalue weighted by molar-refractivity contribution is -0.112. The Labute approximate surface area is 114 Å². The summed E-state index contributed by atoms with van der Waals surface area (Å²) < 4.78 is 0. The van der Waals surface area contributed by atoms with Crippen molar-refractivity contribution in [1.29, 1.82) is 0 Å². The highest BCUT2D eigenvalue weighted by atomic mass is 16.1. The molecule has 2 aromatic rings. The van der Waals surface area contributed by atoms with Crippen molar-refractivity contribution in [3.63, 3.8) is 0 Å². The fraction of sp³-hybridized carbons (Fsp3) is 0.167.